The number of methoxy groups -OCH3 is 1. The lowest BCUT2D eigenvalue weighted by molar-refractivity contribution is -0.142. The first-order valence-electron chi connectivity index (χ1n) is 9.77. The van der Waals surface area contributed by atoms with E-state index in [4.69, 9.17) is 10.6 Å². The van der Waals surface area contributed by atoms with Gasteiger partial charge in [0, 0.05) is 23.7 Å². The van der Waals surface area contributed by atoms with E-state index < -0.39 is 11.7 Å². The maximum Gasteiger partial charge on any atom is 0.416 e. The fraction of sp³-hybridized carbons (Fsp3) is 0.600. The Bertz CT molecular complexity index is 725. The van der Waals surface area contributed by atoms with E-state index in [1.54, 1.807) is 0 Å². The van der Waals surface area contributed by atoms with Gasteiger partial charge < -0.3 is 9.64 Å². The topological polar surface area (TPSA) is 84.7 Å². The molecule has 3 rings (SSSR count). The summed E-state index contributed by atoms with van der Waals surface area (Å²) in [5.41, 5.74) is 2.20. The quantitative estimate of drug-likeness (QED) is 0.441. The Balaban J connectivity index is 1.74. The first-order chi connectivity index (χ1) is 13.7. The summed E-state index contributed by atoms with van der Waals surface area (Å²) in [6.07, 6.45) is -0.242. The van der Waals surface area contributed by atoms with Gasteiger partial charge in [-0.2, -0.15) is 13.2 Å². The molecule has 0 aliphatic carbocycles. The Hall–Kier alpha value is -2.13. The zero-order valence-corrected chi connectivity index (χ0v) is 16.2. The second-order valence-electron chi connectivity index (χ2n) is 7.81. The van der Waals surface area contributed by atoms with Crippen molar-refractivity contribution in [2.24, 2.45) is 11.8 Å². The minimum Gasteiger partial charge on any atom is -0.469 e. The molecule has 2 aliphatic heterocycles. The number of fused-ring (bicyclic) bond motifs is 2. The van der Waals surface area contributed by atoms with Crippen LogP contribution in [0.3, 0.4) is 0 Å². The molecule has 2 fully saturated rings. The Kier molecular flexibility index (Phi) is 6.48. The number of nitrogens with zero attached hydrogens (tertiary/aromatic N) is 1. The predicted molar refractivity (Wildman–Crippen MR) is 99.5 cm³/mol. The number of nitrogens with one attached hydrogen (secondary N) is 1. The lowest BCUT2D eigenvalue weighted by Crippen LogP contribution is -2.58. The van der Waals surface area contributed by atoms with E-state index in [-0.39, 0.29) is 47.9 Å². The number of amides is 1. The maximum absolute atomic E-state index is 13.1. The molecule has 160 valence electrons. The van der Waals surface area contributed by atoms with Crippen molar-refractivity contribution in [3.05, 3.63) is 35.4 Å². The zero-order valence-electron chi connectivity index (χ0n) is 16.2. The second-order valence-corrected chi connectivity index (χ2v) is 7.81. The van der Waals surface area contributed by atoms with E-state index in [0.29, 0.717) is 12.8 Å². The minimum atomic E-state index is -4.43. The third kappa shape index (κ3) is 4.72. The summed E-state index contributed by atoms with van der Waals surface area (Å²) >= 11 is 0. The zero-order chi connectivity index (χ0) is 21.2. The molecule has 1 aromatic carbocycles. The van der Waals surface area contributed by atoms with Crippen LogP contribution in [0.1, 0.15) is 54.4 Å². The standard InChI is InChI=1S/C20H26F3N3O3/c1-29-18(27)11-17(25-24)13-9-15-3-2-4-16(10-13)26(15)19(28)12-5-7-14(8-6-12)20(21,22)23/h5-8,13,15-17,25H,2-4,9-11,24H2,1H3. The van der Waals surface area contributed by atoms with Gasteiger partial charge >= 0.3 is 12.1 Å². The summed E-state index contributed by atoms with van der Waals surface area (Å²) in [6.45, 7) is 0. The van der Waals surface area contributed by atoms with Crippen LogP contribution in [-0.4, -0.2) is 42.0 Å². The summed E-state index contributed by atoms with van der Waals surface area (Å²) in [6, 6.07) is 4.10. The number of ether oxygens (including phenoxy) is 1. The van der Waals surface area contributed by atoms with Gasteiger partial charge in [0.15, 0.2) is 0 Å². The number of hydrogen-bond acceptors (Lipinski definition) is 5. The molecule has 3 atom stereocenters. The summed E-state index contributed by atoms with van der Waals surface area (Å²) < 4.78 is 43.1. The Morgan fingerprint density at radius 1 is 1.21 bits per heavy atom. The van der Waals surface area contributed by atoms with Crippen molar-refractivity contribution in [3.8, 4) is 0 Å². The summed E-state index contributed by atoms with van der Waals surface area (Å²) in [7, 11) is 1.33. The number of benzene rings is 1. The molecule has 0 spiro atoms. The van der Waals surface area contributed by atoms with Crippen LogP contribution in [0.5, 0.6) is 0 Å². The molecule has 2 aliphatic rings. The van der Waals surface area contributed by atoms with Crippen molar-refractivity contribution >= 4 is 11.9 Å². The lowest BCUT2D eigenvalue weighted by Gasteiger charge is -2.50. The molecule has 1 aromatic rings. The average Bonchev–Trinajstić information content (AvgIpc) is 2.69. The number of piperidine rings is 2. The first-order valence-corrected chi connectivity index (χ1v) is 9.77. The van der Waals surface area contributed by atoms with Gasteiger partial charge in [0.05, 0.1) is 19.1 Å². The SMILES string of the molecule is COC(=O)CC(NN)C1CC2CCCC(C1)N2C(=O)c1ccc(C(F)(F)F)cc1. The smallest absolute Gasteiger partial charge is 0.416 e. The van der Waals surface area contributed by atoms with E-state index >= 15 is 0 Å². The van der Waals surface area contributed by atoms with Gasteiger partial charge in [-0.3, -0.25) is 20.9 Å². The molecular weight excluding hydrogens is 387 g/mol. The fourth-order valence-electron chi connectivity index (χ4n) is 4.66. The number of nitrogens with two attached hydrogens (primary N) is 1. The maximum atomic E-state index is 13.1. The second kappa shape index (κ2) is 8.71. The van der Waals surface area contributed by atoms with Crippen LogP contribution in [0.25, 0.3) is 0 Å². The van der Waals surface area contributed by atoms with Gasteiger partial charge in [0.2, 0.25) is 0 Å². The average molecular weight is 413 g/mol. The normalized spacial score (nSPS) is 25.4. The molecule has 3 N–H and O–H groups in total. The monoisotopic (exact) mass is 413 g/mol. The number of alkyl halides is 3. The molecule has 1 amide bonds. The molecule has 3 unspecified atom stereocenters. The third-order valence-electron chi connectivity index (χ3n) is 6.10. The van der Waals surface area contributed by atoms with E-state index in [2.05, 4.69) is 5.43 Å². The number of carbonyl (C=O) groups is 2. The van der Waals surface area contributed by atoms with Crippen molar-refractivity contribution in [2.75, 3.05) is 7.11 Å². The number of carbonyl (C=O) groups excluding carboxylic acids is 2. The molecule has 2 bridgehead atoms. The highest BCUT2D eigenvalue weighted by molar-refractivity contribution is 5.94. The van der Waals surface area contributed by atoms with Crippen molar-refractivity contribution in [1.82, 2.24) is 10.3 Å². The molecule has 2 saturated heterocycles. The van der Waals surface area contributed by atoms with E-state index in [9.17, 15) is 22.8 Å². The third-order valence-corrected chi connectivity index (χ3v) is 6.10. The minimum absolute atomic E-state index is 0.0178. The number of esters is 1. The highest BCUT2D eigenvalue weighted by atomic mass is 19.4. The van der Waals surface area contributed by atoms with E-state index in [0.717, 1.165) is 31.4 Å². The summed E-state index contributed by atoms with van der Waals surface area (Å²) in [5, 5.41) is 0. The number of rotatable bonds is 5. The van der Waals surface area contributed by atoms with Gasteiger partial charge in [0.25, 0.3) is 5.91 Å². The van der Waals surface area contributed by atoms with Crippen LogP contribution in [-0.2, 0) is 15.7 Å². The Morgan fingerprint density at radius 2 is 1.79 bits per heavy atom. The van der Waals surface area contributed by atoms with Gasteiger partial charge in [0.1, 0.15) is 0 Å². The first kappa shape index (κ1) is 21.6. The van der Waals surface area contributed by atoms with Crippen molar-refractivity contribution in [1.29, 1.82) is 0 Å². The Morgan fingerprint density at radius 3 is 2.28 bits per heavy atom. The summed E-state index contributed by atoms with van der Waals surface area (Å²) in [5.74, 6) is 5.19. The van der Waals surface area contributed by atoms with Crippen molar-refractivity contribution in [2.45, 2.75) is 62.8 Å². The predicted octanol–water partition coefficient (Wildman–Crippen LogP) is 2.87. The number of halogens is 3. The molecule has 0 saturated carbocycles. The van der Waals surface area contributed by atoms with Crippen LogP contribution >= 0.6 is 0 Å². The van der Waals surface area contributed by atoms with Gasteiger partial charge in [-0.25, -0.2) is 0 Å². The van der Waals surface area contributed by atoms with Gasteiger partial charge in [-0.05, 0) is 62.3 Å². The Labute approximate surface area is 167 Å². The molecule has 0 radical (unpaired) electrons. The molecule has 29 heavy (non-hydrogen) atoms. The lowest BCUT2D eigenvalue weighted by atomic mass is 9.74. The molecule has 2 heterocycles. The highest BCUT2D eigenvalue weighted by Crippen LogP contribution is 2.40. The van der Waals surface area contributed by atoms with Gasteiger partial charge in [-0.1, -0.05) is 0 Å². The summed E-state index contributed by atoms with van der Waals surface area (Å²) in [4.78, 5) is 26.6. The van der Waals surface area contributed by atoms with Gasteiger partial charge in [-0.15, -0.1) is 0 Å². The molecule has 0 aromatic heterocycles. The van der Waals surface area contributed by atoms with Crippen LogP contribution < -0.4 is 11.3 Å². The van der Waals surface area contributed by atoms with Crippen molar-refractivity contribution in [3.63, 3.8) is 0 Å². The van der Waals surface area contributed by atoms with Crippen LogP contribution in [0.15, 0.2) is 24.3 Å². The molecule has 6 nitrogen and oxygen atoms in total. The van der Waals surface area contributed by atoms with Crippen LogP contribution in [0.4, 0.5) is 13.2 Å². The largest absolute Gasteiger partial charge is 0.469 e. The molecule has 9 heteroatoms. The molecular formula is C20H26F3N3O3. The highest BCUT2D eigenvalue weighted by Gasteiger charge is 2.43. The fourth-order valence-corrected chi connectivity index (χ4v) is 4.66. The number of hydrazine groups is 1. The van der Waals surface area contributed by atoms with Crippen LogP contribution in [0, 0.1) is 5.92 Å². The van der Waals surface area contributed by atoms with Crippen LogP contribution in [0.2, 0.25) is 0 Å². The van der Waals surface area contributed by atoms with E-state index in [1.807, 2.05) is 4.90 Å². The van der Waals surface area contributed by atoms with E-state index in [1.165, 1.54) is 19.2 Å². The van der Waals surface area contributed by atoms with Crippen molar-refractivity contribution < 1.29 is 27.5 Å². The number of hydrogen-bond donors (Lipinski definition) is 2.